The maximum Gasteiger partial charge on any atom is 0.264 e. The van der Waals surface area contributed by atoms with E-state index in [1.54, 1.807) is 14.2 Å². The Labute approximate surface area is 147 Å². The average Bonchev–Trinajstić information content (AvgIpc) is 3.13. The first-order valence-corrected chi connectivity index (χ1v) is 9.04. The van der Waals surface area contributed by atoms with Gasteiger partial charge in [-0.2, -0.15) is 0 Å². The molecular weight excluding hydrogens is 322 g/mol. The molecule has 0 saturated heterocycles. The molecule has 1 atom stereocenters. The first-order chi connectivity index (χ1) is 11.6. The number of nitrogens with zero attached hydrogens (tertiary/aromatic N) is 1. The topological polar surface area (TPSA) is 38.8 Å². The van der Waals surface area contributed by atoms with Crippen molar-refractivity contribution in [3.63, 3.8) is 0 Å². The number of hydrogen-bond donors (Lipinski definition) is 0. The van der Waals surface area contributed by atoms with E-state index in [-0.39, 0.29) is 11.9 Å². The minimum Gasteiger partial charge on any atom is -0.493 e. The number of benzene rings is 1. The van der Waals surface area contributed by atoms with Gasteiger partial charge in [0.1, 0.15) is 0 Å². The van der Waals surface area contributed by atoms with E-state index in [4.69, 9.17) is 9.47 Å². The molecule has 0 fully saturated rings. The van der Waals surface area contributed by atoms with Crippen LogP contribution in [0.15, 0.2) is 29.6 Å². The van der Waals surface area contributed by atoms with Crippen molar-refractivity contribution in [3.8, 4) is 11.5 Å². The van der Waals surface area contributed by atoms with E-state index in [0.717, 1.165) is 23.6 Å². The Morgan fingerprint density at radius 1 is 1.25 bits per heavy atom. The zero-order valence-electron chi connectivity index (χ0n) is 14.5. The van der Waals surface area contributed by atoms with Crippen LogP contribution < -0.4 is 9.47 Å². The van der Waals surface area contributed by atoms with Crippen LogP contribution in [0.5, 0.6) is 11.5 Å². The standard InChI is InChI=1S/C19H23NO3S/c1-12(2)18-14-11-16(23-4)15(22-3)10-13(14)7-8-20(18)19(21)17-6-5-9-24-17/h5-6,9-12,18H,7-8H2,1-4H3. The second-order valence-corrected chi connectivity index (χ2v) is 7.27. The number of carbonyl (C=O) groups excluding carboxylic acids is 1. The van der Waals surface area contributed by atoms with Crippen molar-refractivity contribution in [1.29, 1.82) is 0 Å². The van der Waals surface area contributed by atoms with Crippen molar-refractivity contribution < 1.29 is 14.3 Å². The van der Waals surface area contributed by atoms with Gasteiger partial charge in [0.2, 0.25) is 0 Å². The second-order valence-electron chi connectivity index (χ2n) is 6.32. The molecule has 2 heterocycles. The maximum atomic E-state index is 12.9. The molecule has 0 saturated carbocycles. The average molecular weight is 345 g/mol. The fourth-order valence-electron chi connectivity index (χ4n) is 3.47. The molecule has 3 rings (SSSR count). The molecule has 2 aromatic rings. The van der Waals surface area contributed by atoms with E-state index in [0.29, 0.717) is 11.7 Å². The Morgan fingerprint density at radius 3 is 2.54 bits per heavy atom. The van der Waals surface area contributed by atoms with Crippen LogP contribution >= 0.6 is 11.3 Å². The summed E-state index contributed by atoms with van der Waals surface area (Å²) in [5.74, 6) is 1.89. The molecule has 1 aromatic heterocycles. The molecule has 0 bridgehead atoms. The SMILES string of the molecule is COc1cc2c(cc1OC)C(C(C)C)N(C(=O)c1cccs1)CC2. The number of carbonyl (C=O) groups is 1. The van der Waals surface area contributed by atoms with Gasteiger partial charge in [0.25, 0.3) is 5.91 Å². The van der Waals surface area contributed by atoms with Gasteiger partial charge in [-0.25, -0.2) is 0 Å². The minimum absolute atomic E-state index is 0.0446. The summed E-state index contributed by atoms with van der Waals surface area (Å²) in [6, 6.07) is 7.95. The van der Waals surface area contributed by atoms with E-state index in [9.17, 15) is 4.79 Å². The summed E-state index contributed by atoms with van der Waals surface area (Å²) in [7, 11) is 3.30. The molecule has 0 N–H and O–H groups in total. The van der Waals surface area contributed by atoms with E-state index < -0.39 is 0 Å². The van der Waals surface area contributed by atoms with Gasteiger partial charge in [0.05, 0.1) is 25.1 Å². The predicted molar refractivity (Wildman–Crippen MR) is 96.2 cm³/mol. The maximum absolute atomic E-state index is 12.9. The van der Waals surface area contributed by atoms with Crippen LogP contribution in [-0.2, 0) is 6.42 Å². The normalized spacial score (nSPS) is 16.9. The number of fused-ring (bicyclic) bond motifs is 1. The van der Waals surface area contributed by atoms with Crippen LogP contribution in [0.4, 0.5) is 0 Å². The van der Waals surface area contributed by atoms with Crippen molar-refractivity contribution in [2.75, 3.05) is 20.8 Å². The lowest BCUT2D eigenvalue weighted by Crippen LogP contribution is -2.42. The first kappa shape index (κ1) is 16.8. The van der Waals surface area contributed by atoms with Gasteiger partial charge in [-0.05, 0) is 47.0 Å². The number of hydrogen-bond acceptors (Lipinski definition) is 4. The molecule has 0 aliphatic carbocycles. The van der Waals surface area contributed by atoms with Crippen molar-refractivity contribution >= 4 is 17.2 Å². The fraction of sp³-hybridized carbons (Fsp3) is 0.421. The van der Waals surface area contributed by atoms with E-state index in [1.165, 1.54) is 22.5 Å². The second kappa shape index (κ2) is 6.85. The van der Waals surface area contributed by atoms with Crippen molar-refractivity contribution in [3.05, 3.63) is 45.6 Å². The zero-order chi connectivity index (χ0) is 17.3. The van der Waals surface area contributed by atoms with Crippen molar-refractivity contribution in [2.45, 2.75) is 26.3 Å². The van der Waals surface area contributed by atoms with E-state index in [1.807, 2.05) is 28.5 Å². The lowest BCUT2D eigenvalue weighted by Gasteiger charge is -2.40. The summed E-state index contributed by atoms with van der Waals surface area (Å²) in [6.07, 6.45) is 0.829. The number of rotatable bonds is 4. The smallest absolute Gasteiger partial charge is 0.264 e. The molecule has 0 radical (unpaired) electrons. The van der Waals surface area contributed by atoms with Crippen molar-refractivity contribution in [1.82, 2.24) is 4.90 Å². The summed E-state index contributed by atoms with van der Waals surface area (Å²) in [6.45, 7) is 5.04. The highest BCUT2D eigenvalue weighted by Gasteiger charge is 2.34. The Kier molecular flexibility index (Phi) is 4.81. The Morgan fingerprint density at radius 2 is 1.96 bits per heavy atom. The molecule has 1 amide bonds. The minimum atomic E-state index is 0.0446. The van der Waals surface area contributed by atoms with Gasteiger partial charge >= 0.3 is 0 Å². The van der Waals surface area contributed by atoms with E-state index in [2.05, 4.69) is 19.9 Å². The molecule has 4 nitrogen and oxygen atoms in total. The lowest BCUT2D eigenvalue weighted by atomic mass is 9.85. The van der Waals surface area contributed by atoms with Gasteiger partial charge in [-0.1, -0.05) is 19.9 Å². The molecule has 1 aliphatic rings. The lowest BCUT2D eigenvalue weighted by molar-refractivity contribution is 0.0608. The summed E-state index contributed by atoms with van der Waals surface area (Å²) in [5, 5.41) is 1.95. The Balaban J connectivity index is 2.04. The summed E-state index contributed by atoms with van der Waals surface area (Å²) < 4.78 is 10.9. The molecule has 128 valence electrons. The monoisotopic (exact) mass is 345 g/mol. The summed E-state index contributed by atoms with van der Waals surface area (Å²) >= 11 is 1.50. The van der Waals surface area contributed by atoms with Crippen LogP contribution in [0.3, 0.4) is 0 Å². The largest absolute Gasteiger partial charge is 0.493 e. The Bertz CT molecular complexity index is 724. The highest BCUT2D eigenvalue weighted by atomic mass is 32.1. The third-order valence-electron chi connectivity index (χ3n) is 4.55. The predicted octanol–water partition coefficient (Wildman–Crippen LogP) is 4.16. The van der Waals surface area contributed by atoms with E-state index >= 15 is 0 Å². The number of ether oxygens (including phenoxy) is 2. The quantitative estimate of drug-likeness (QED) is 0.835. The van der Waals surface area contributed by atoms with Gasteiger partial charge < -0.3 is 14.4 Å². The van der Waals surface area contributed by atoms with Crippen LogP contribution in [-0.4, -0.2) is 31.6 Å². The molecule has 1 aliphatic heterocycles. The first-order valence-electron chi connectivity index (χ1n) is 8.16. The van der Waals surface area contributed by atoms with Gasteiger partial charge in [0.15, 0.2) is 11.5 Å². The third kappa shape index (κ3) is 2.88. The summed E-state index contributed by atoms with van der Waals surface area (Å²) in [5.41, 5.74) is 2.40. The van der Waals surface area contributed by atoms with Crippen molar-refractivity contribution in [2.24, 2.45) is 5.92 Å². The zero-order valence-corrected chi connectivity index (χ0v) is 15.4. The number of methoxy groups -OCH3 is 2. The molecule has 1 aromatic carbocycles. The Hall–Kier alpha value is -2.01. The number of amides is 1. The number of thiophene rings is 1. The van der Waals surface area contributed by atoms with Crippen LogP contribution in [0.25, 0.3) is 0 Å². The van der Waals surface area contributed by atoms with Gasteiger partial charge in [-0.15, -0.1) is 11.3 Å². The molecule has 0 spiro atoms. The fourth-order valence-corrected chi connectivity index (χ4v) is 4.14. The third-order valence-corrected chi connectivity index (χ3v) is 5.40. The molecule has 24 heavy (non-hydrogen) atoms. The highest BCUT2D eigenvalue weighted by molar-refractivity contribution is 7.12. The molecule has 5 heteroatoms. The van der Waals surface area contributed by atoms with Crippen LogP contribution in [0.1, 0.15) is 40.7 Å². The molecule has 1 unspecified atom stereocenters. The highest BCUT2D eigenvalue weighted by Crippen LogP contribution is 2.41. The van der Waals surface area contributed by atoms with Crippen LogP contribution in [0.2, 0.25) is 0 Å². The summed E-state index contributed by atoms with van der Waals surface area (Å²) in [4.78, 5) is 15.7. The van der Waals surface area contributed by atoms with Crippen LogP contribution in [0, 0.1) is 5.92 Å². The van der Waals surface area contributed by atoms with Gasteiger partial charge in [-0.3, -0.25) is 4.79 Å². The van der Waals surface area contributed by atoms with Gasteiger partial charge in [0, 0.05) is 6.54 Å². The molecular formula is C19H23NO3S.